The molecule has 0 aliphatic rings. The number of carbonyl (C=O) groups excluding carboxylic acids is 1. The molecule has 3 aromatic rings. The second kappa shape index (κ2) is 6.16. The molecule has 5 nitrogen and oxygen atoms in total. The largest absolute Gasteiger partial charge is 0.451 e. The van der Waals surface area contributed by atoms with Crippen molar-refractivity contribution in [1.82, 2.24) is 9.97 Å². The normalized spacial score (nSPS) is 12.3. The first-order valence-corrected chi connectivity index (χ1v) is 8.15. The molecule has 7 heteroatoms. The van der Waals surface area contributed by atoms with Crippen LogP contribution in [-0.2, 0) is 4.74 Å². The van der Waals surface area contributed by atoms with Crippen molar-refractivity contribution >= 4 is 27.5 Å². The Balaban J connectivity index is 1.88. The summed E-state index contributed by atoms with van der Waals surface area (Å²) in [7, 11) is 0. The van der Waals surface area contributed by atoms with E-state index in [-0.39, 0.29) is 16.9 Å². The lowest BCUT2D eigenvalue weighted by molar-refractivity contribution is 0.0320. The molecule has 0 radical (unpaired) electrons. The second-order valence-electron chi connectivity index (χ2n) is 5.47. The Kier molecular flexibility index (Phi) is 4.19. The number of halogens is 1. The Morgan fingerprint density at radius 3 is 2.62 bits per heavy atom. The fourth-order valence-corrected chi connectivity index (χ4v) is 3.37. The molecule has 2 heterocycles. The number of aromatic amines is 1. The van der Waals surface area contributed by atoms with Crippen LogP contribution in [0.25, 0.3) is 10.2 Å². The van der Waals surface area contributed by atoms with Crippen LogP contribution in [0.3, 0.4) is 0 Å². The number of H-pyrrole nitrogens is 1. The van der Waals surface area contributed by atoms with Crippen LogP contribution >= 0.6 is 11.3 Å². The van der Waals surface area contributed by atoms with Crippen LogP contribution in [0.1, 0.15) is 39.7 Å². The maximum absolute atomic E-state index is 12.9. The van der Waals surface area contributed by atoms with Gasteiger partial charge in [0.1, 0.15) is 10.6 Å². The predicted molar refractivity (Wildman–Crippen MR) is 89.9 cm³/mol. The van der Waals surface area contributed by atoms with E-state index in [1.54, 1.807) is 6.92 Å². The Labute approximate surface area is 141 Å². The van der Waals surface area contributed by atoms with E-state index in [2.05, 4.69) is 9.97 Å². The Hall–Kier alpha value is -2.54. The van der Waals surface area contributed by atoms with Gasteiger partial charge < -0.3 is 9.72 Å². The van der Waals surface area contributed by atoms with Gasteiger partial charge in [-0.25, -0.2) is 14.2 Å². The molecule has 0 aliphatic carbocycles. The smallest absolute Gasteiger partial charge is 0.338 e. The summed E-state index contributed by atoms with van der Waals surface area (Å²) < 4.78 is 18.2. The summed E-state index contributed by atoms with van der Waals surface area (Å²) in [6.07, 6.45) is -0.734. The summed E-state index contributed by atoms with van der Waals surface area (Å²) in [5, 5.41) is 0.568. The van der Waals surface area contributed by atoms with Crippen molar-refractivity contribution in [2.75, 3.05) is 0 Å². The van der Waals surface area contributed by atoms with Crippen LogP contribution in [0, 0.1) is 19.7 Å². The zero-order chi connectivity index (χ0) is 17.4. The topological polar surface area (TPSA) is 72.0 Å². The van der Waals surface area contributed by atoms with Gasteiger partial charge in [0.05, 0.1) is 10.9 Å². The third-order valence-corrected chi connectivity index (χ3v) is 4.91. The summed E-state index contributed by atoms with van der Waals surface area (Å²) in [6.45, 7) is 5.43. The number of aromatic nitrogens is 2. The summed E-state index contributed by atoms with van der Waals surface area (Å²) >= 11 is 1.43. The van der Waals surface area contributed by atoms with Gasteiger partial charge in [-0.2, -0.15) is 0 Å². The number of ether oxygens (including phenoxy) is 1. The third-order valence-electron chi connectivity index (χ3n) is 3.81. The minimum Gasteiger partial charge on any atom is -0.451 e. The maximum Gasteiger partial charge on any atom is 0.338 e. The van der Waals surface area contributed by atoms with Gasteiger partial charge in [-0.3, -0.25) is 4.79 Å². The van der Waals surface area contributed by atoms with Crippen LogP contribution in [0.5, 0.6) is 0 Å². The third kappa shape index (κ3) is 2.94. The van der Waals surface area contributed by atoms with E-state index in [9.17, 15) is 14.0 Å². The number of aryl methyl sites for hydroxylation is 2. The van der Waals surface area contributed by atoms with Gasteiger partial charge in [-0.15, -0.1) is 11.3 Å². The van der Waals surface area contributed by atoms with Crippen molar-refractivity contribution in [3.8, 4) is 0 Å². The fraction of sp³-hybridized carbons (Fsp3) is 0.235. The van der Waals surface area contributed by atoms with E-state index in [1.807, 2.05) is 13.8 Å². The first-order valence-electron chi connectivity index (χ1n) is 7.33. The van der Waals surface area contributed by atoms with Crippen LogP contribution in [0.2, 0.25) is 0 Å². The summed E-state index contributed by atoms with van der Waals surface area (Å²) in [4.78, 5) is 33.1. The zero-order valence-electron chi connectivity index (χ0n) is 13.3. The number of hydrogen-bond donors (Lipinski definition) is 1. The van der Waals surface area contributed by atoms with E-state index >= 15 is 0 Å². The standard InChI is InChI=1S/C17H15FN2O3S/c1-8-10(3)24-16-13(8)15(21)19-14(20-16)9(2)23-17(22)11-4-6-12(18)7-5-11/h4-7,9H,1-3H3,(H,19,20,21)/t9-/m0/s1. The van der Waals surface area contributed by atoms with E-state index in [0.717, 1.165) is 10.4 Å². The number of esters is 1. The van der Waals surface area contributed by atoms with Crippen LogP contribution in [-0.4, -0.2) is 15.9 Å². The molecule has 0 saturated carbocycles. The molecule has 24 heavy (non-hydrogen) atoms. The highest BCUT2D eigenvalue weighted by Crippen LogP contribution is 2.27. The van der Waals surface area contributed by atoms with Crippen LogP contribution in [0.15, 0.2) is 29.1 Å². The van der Waals surface area contributed by atoms with Gasteiger partial charge in [0.25, 0.3) is 5.56 Å². The maximum atomic E-state index is 12.9. The predicted octanol–water partition coefficient (Wildman–Crippen LogP) is 3.66. The number of fused-ring (bicyclic) bond motifs is 1. The average molecular weight is 346 g/mol. The van der Waals surface area contributed by atoms with Gasteiger partial charge in [0, 0.05) is 4.88 Å². The van der Waals surface area contributed by atoms with Crippen LogP contribution in [0.4, 0.5) is 4.39 Å². The molecule has 3 rings (SSSR count). The minimum atomic E-state index is -0.734. The second-order valence-corrected chi connectivity index (χ2v) is 6.67. The molecule has 2 aromatic heterocycles. The molecule has 0 fully saturated rings. The molecule has 0 spiro atoms. The van der Waals surface area contributed by atoms with Crippen molar-refractivity contribution in [2.45, 2.75) is 26.9 Å². The van der Waals surface area contributed by atoms with Crippen molar-refractivity contribution < 1.29 is 13.9 Å². The van der Waals surface area contributed by atoms with E-state index in [4.69, 9.17) is 4.74 Å². The quantitative estimate of drug-likeness (QED) is 0.735. The molecule has 1 atom stereocenters. The summed E-state index contributed by atoms with van der Waals surface area (Å²) in [5.41, 5.74) is 0.891. The van der Waals surface area contributed by atoms with E-state index < -0.39 is 17.9 Å². The number of rotatable bonds is 3. The molecule has 0 saturated heterocycles. The molecule has 0 bridgehead atoms. The highest BCUT2D eigenvalue weighted by atomic mass is 32.1. The lowest BCUT2D eigenvalue weighted by Gasteiger charge is -2.12. The zero-order valence-corrected chi connectivity index (χ0v) is 14.2. The van der Waals surface area contributed by atoms with Gasteiger partial charge in [-0.05, 0) is 50.6 Å². The van der Waals surface area contributed by atoms with Gasteiger partial charge in [-0.1, -0.05) is 0 Å². The van der Waals surface area contributed by atoms with Crippen molar-refractivity contribution in [1.29, 1.82) is 0 Å². The summed E-state index contributed by atoms with van der Waals surface area (Å²) in [5.74, 6) is -0.757. The lowest BCUT2D eigenvalue weighted by Crippen LogP contribution is -2.17. The molecule has 124 valence electrons. The average Bonchev–Trinajstić information content (AvgIpc) is 2.82. The van der Waals surface area contributed by atoms with Crippen molar-refractivity contribution in [2.24, 2.45) is 0 Å². The van der Waals surface area contributed by atoms with Crippen molar-refractivity contribution in [3.63, 3.8) is 0 Å². The minimum absolute atomic E-state index is 0.231. The molecule has 0 unspecified atom stereocenters. The first kappa shape index (κ1) is 16.3. The van der Waals surface area contributed by atoms with Gasteiger partial charge in [0.15, 0.2) is 11.9 Å². The Morgan fingerprint density at radius 1 is 1.29 bits per heavy atom. The number of hydrogen-bond acceptors (Lipinski definition) is 5. The number of benzene rings is 1. The highest BCUT2D eigenvalue weighted by molar-refractivity contribution is 7.18. The number of carbonyl (C=O) groups is 1. The van der Waals surface area contributed by atoms with Gasteiger partial charge in [0.2, 0.25) is 0 Å². The molecular formula is C17H15FN2O3S. The first-order chi connectivity index (χ1) is 11.4. The highest BCUT2D eigenvalue weighted by Gasteiger charge is 2.19. The molecule has 1 aromatic carbocycles. The van der Waals surface area contributed by atoms with Crippen molar-refractivity contribution in [3.05, 3.63) is 62.3 Å². The number of nitrogens with zero attached hydrogens (tertiary/aromatic N) is 1. The molecule has 0 amide bonds. The Bertz CT molecular complexity index is 976. The van der Waals surface area contributed by atoms with E-state index in [1.165, 1.54) is 35.6 Å². The van der Waals surface area contributed by atoms with Gasteiger partial charge >= 0.3 is 5.97 Å². The van der Waals surface area contributed by atoms with E-state index in [0.29, 0.717) is 10.2 Å². The molecular weight excluding hydrogens is 331 g/mol. The molecule has 1 N–H and O–H groups in total. The molecule has 0 aliphatic heterocycles. The number of thiophene rings is 1. The lowest BCUT2D eigenvalue weighted by atomic mass is 10.2. The number of nitrogens with one attached hydrogen (secondary N) is 1. The Morgan fingerprint density at radius 2 is 1.96 bits per heavy atom. The van der Waals surface area contributed by atoms with Crippen LogP contribution < -0.4 is 5.56 Å². The summed E-state index contributed by atoms with van der Waals surface area (Å²) in [6, 6.07) is 5.06. The monoisotopic (exact) mass is 346 g/mol. The fourth-order valence-electron chi connectivity index (χ4n) is 2.33. The SMILES string of the molecule is Cc1sc2nc([C@H](C)OC(=O)c3ccc(F)cc3)[nH]c(=O)c2c1C.